The number of para-hydroxylation sites is 1. The average Bonchev–Trinajstić information content (AvgIpc) is 3.25. The molecule has 13 heteroatoms. The van der Waals surface area contributed by atoms with E-state index in [4.69, 9.17) is 47.0 Å². The Labute approximate surface area is 363 Å². The minimum absolute atomic E-state index is 0. The molecule has 2 N–H and O–H groups in total. The van der Waals surface area contributed by atoms with Crippen LogP contribution >= 0.6 is 0 Å². The molecule has 11 nitrogen and oxygen atoms in total. The van der Waals surface area contributed by atoms with Crippen LogP contribution in [0.25, 0.3) is 16.4 Å². The van der Waals surface area contributed by atoms with Gasteiger partial charge in [0.05, 0.1) is 26.5 Å². The normalized spacial score (nSPS) is 10.3. The summed E-state index contributed by atoms with van der Waals surface area (Å²) < 4.78 is 26.5. The van der Waals surface area contributed by atoms with Crippen molar-refractivity contribution in [3.05, 3.63) is 138 Å². The van der Waals surface area contributed by atoms with Gasteiger partial charge in [-0.3, -0.25) is 9.59 Å². The van der Waals surface area contributed by atoms with E-state index in [0.717, 1.165) is 71.1 Å². The third-order valence-electron chi connectivity index (χ3n) is 7.66. The first-order chi connectivity index (χ1) is 27.7. The van der Waals surface area contributed by atoms with Gasteiger partial charge in [-0.1, -0.05) is 81.1 Å². The van der Waals surface area contributed by atoms with Gasteiger partial charge in [0.2, 0.25) is 0 Å². The molecule has 0 saturated heterocycles. The van der Waals surface area contributed by atoms with Crippen molar-refractivity contribution in [2.24, 2.45) is 10.9 Å². The van der Waals surface area contributed by atoms with E-state index in [1.807, 2.05) is 42.5 Å². The molecule has 0 radical (unpaired) electrons. The zero-order valence-corrected chi connectivity index (χ0v) is 37.5. The zero-order chi connectivity index (χ0) is 42.1. The number of ether oxygens (including phenoxy) is 5. The van der Waals surface area contributed by atoms with Gasteiger partial charge in [-0.15, -0.1) is 7.05 Å². The molecule has 4 rings (SSSR count). The van der Waals surface area contributed by atoms with Crippen molar-refractivity contribution < 1.29 is 59.1 Å². The fraction of sp³-hybridized carbons (Fsp3) is 0.289. The number of aldehydes is 2. The molecule has 0 aliphatic rings. The second-order valence-corrected chi connectivity index (χ2v) is 12.2. The summed E-state index contributed by atoms with van der Waals surface area (Å²) in [5.74, 6) is 6.35. The van der Waals surface area contributed by atoms with Crippen LogP contribution in [0.4, 0.5) is 5.69 Å². The molecule has 0 aromatic heterocycles. The van der Waals surface area contributed by atoms with Gasteiger partial charge in [0.15, 0.2) is 0 Å². The van der Waals surface area contributed by atoms with E-state index in [9.17, 15) is 9.59 Å². The molecular formula is C45H55N3O8SW. The van der Waals surface area contributed by atoms with Crippen LogP contribution in [0.1, 0.15) is 47.7 Å². The van der Waals surface area contributed by atoms with Gasteiger partial charge in [0, 0.05) is 30.9 Å². The van der Waals surface area contributed by atoms with E-state index >= 15 is 0 Å². The number of methoxy groups -OCH3 is 2. The number of esters is 1. The number of nitrogens with two attached hydrogens (primary N) is 1. The Kier molecular flexibility index (Phi) is 31.0. The number of hydrazone groups is 1. The smallest absolute Gasteiger partial charge is 0.781 e. The number of nitrogens with zero attached hydrogens (tertiary/aromatic N) is 2. The molecular weight excluding hydrogens is 926 g/mol. The maximum atomic E-state index is 10.8. The third-order valence-corrected chi connectivity index (χ3v) is 8.01. The van der Waals surface area contributed by atoms with Crippen molar-refractivity contribution in [2.75, 3.05) is 47.7 Å². The molecule has 1 unspecified atom stereocenters. The molecule has 0 aliphatic heterocycles. The van der Waals surface area contributed by atoms with Crippen LogP contribution in [-0.4, -0.2) is 78.6 Å². The van der Waals surface area contributed by atoms with E-state index in [1.165, 1.54) is 11.6 Å². The number of hydrogen-bond donors (Lipinski definition) is 1. The first-order valence-electron chi connectivity index (χ1n) is 18.2. The van der Waals surface area contributed by atoms with Crippen LogP contribution in [0.2, 0.25) is 0 Å². The summed E-state index contributed by atoms with van der Waals surface area (Å²) in [7, 11) is 4.99. The van der Waals surface area contributed by atoms with E-state index in [2.05, 4.69) is 54.8 Å². The predicted molar refractivity (Wildman–Crippen MR) is 231 cm³/mol. The molecule has 310 valence electrons. The molecule has 4 aromatic carbocycles. The number of unbranched alkanes of at least 4 members (excludes halogenated alkanes) is 1. The topological polar surface area (TPSA) is 150 Å². The maximum absolute atomic E-state index is 10.8. The van der Waals surface area contributed by atoms with E-state index in [-0.39, 0.29) is 27.2 Å². The maximum Gasteiger partial charge on any atom is 2.00 e. The molecule has 4 aromatic rings. The average molecular weight is 982 g/mol. The predicted octanol–water partition coefficient (Wildman–Crippen LogP) is 8.62. The summed E-state index contributed by atoms with van der Waals surface area (Å²) >= 11 is 4.96. The van der Waals surface area contributed by atoms with E-state index in [1.54, 1.807) is 51.7 Å². The Hall–Kier alpha value is -5.13. The Morgan fingerprint density at radius 1 is 0.914 bits per heavy atom. The molecule has 0 heterocycles. The summed E-state index contributed by atoms with van der Waals surface area (Å²) in [5.41, 5.74) is 6.07. The van der Waals surface area contributed by atoms with E-state index < -0.39 is 5.97 Å². The Balaban J connectivity index is 0.000000854. The molecule has 0 saturated carbocycles. The number of carbonyl (C=O) groups excluding carboxylic acids is 3. The molecule has 0 amide bonds. The first kappa shape index (κ1) is 52.9. The monoisotopic (exact) mass is 981 g/mol. The Morgan fingerprint density at radius 3 is 2.10 bits per heavy atom. The molecule has 58 heavy (non-hydrogen) atoms. The molecule has 0 fully saturated rings. The van der Waals surface area contributed by atoms with Gasteiger partial charge in [-0.2, -0.15) is 15.7 Å². The third kappa shape index (κ3) is 22.6. The zero-order valence-electron chi connectivity index (χ0n) is 33.7. The summed E-state index contributed by atoms with van der Waals surface area (Å²) in [6, 6.07) is 29.0. The van der Waals surface area contributed by atoms with Crippen LogP contribution in [-0.2, 0) is 63.9 Å². The standard InChI is InChI=1S/C18H24O6.C17H20N2O.C7H8NS.C3H4O.W/c1-3-18(20)23-11-5-4-10-22-13-17(21-2)14-24-16-8-6-15(12-19)7-9-16;1-3-4-13-5-7-14(8-6-13)17-10-9-16(20-2)11-15(17)12-19-18;1-8-6-4-2-3-5-7(6)9;1-2-3-4;/h3,6-9,12,17H,1,4-5,10-11,13-14H2,2H3;5-12H,3-4,18H2,1-2H3;2-5,9H,1H3;2-3H,1H2;/q;;-1;;+2/p-1/b;19-12+;;;. The fourth-order valence-electron chi connectivity index (χ4n) is 4.67. The largest absolute Gasteiger partial charge is 2.00 e. The van der Waals surface area contributed by atoms with Gasteiger partial charge >= 0.3 is 27.0 Å². The first-order valence-corrected chi connectivity index (χ1v) is 18.6. The number of rotatable bonds is 20. The number of carbonyl (C=O) groups is 3. The van der Waals surface area contributed by atoms with Crippen LogP contribution in [0.3, 0.4) is 0 Å². The minimum Gasteiger partial charge on any atom is -0.781 e. The number of benzene rings is 4. The number of aryl methyl sites for hydroxylation is 1. The summed E-state index contributed by atoms with van der Waals surface area (Å²) in [4.78, 5) is 31.3. The molecule has 1 atom stereocenters. The number of allylic oxidation sites excluding steroid dienone is 1. The summed E-state index contributed by atoms with van der Waals surface area (Å²) in [6.45, 7) is 10.3. The fourth-order valence-corrected chi connectivity index (χ4v) is 4.91. The van der Waals surface area contributed by atoms with Crippen molar-refractivity contribution in [3.63, 3.8) is 0 Å². The van der Waals surface area contributed by atoms with Crippen LogP contribution in [0.15, 0.2) is 126 Å². The quantitative estimate of drug-likeness (QED) is 0.0133. The Morgan fingerprint density at radius 2 is 1.57 bits per heavy atom. The van der Waals surface area contributed by atoms with Crippen LogP contribution < -0.4 is 15.3 Å². The van der Waals surface area contributed by atoms with Gasteiger partial charge < -0.3 is 47.5 Å². The van der Waals surface area contributed by atoms with E-state index in [0.29, 0.717) is 44.0 Å². The van der Waals surface area contributed by atoms with Gasteiger partial charge in [-0.25, -0.2) is 4.79 Å². The van der Waals surface area contributed by atoms with Crippen LogP contribution in [0.5, 0.6) is 11.5 Å². The second kappa shape index (κ2) is 34.0. The SMILES string of the molecule is C=CC(=O)OCCCCOCC(COc1ccc(C=O)cc1)OC.C=CC=O.CCCc1ccc(-c2ccc(OC)cc2/C=N/N)cc1.C[N-]c1ccccc1[S-].[W+2]. The van der Waals surface area contributed by atoms with Crippen LogP contribution in [0, 0.1) is 0 Å². The molecule has 0 aliphatic carbocycles. The molecule has 0 bridgehead atoms. The van der Waals surface area contributed by atoms with Crippen molar-refractivity contribution in [2.45, 2.75) is 43.6 Å². The van der Waals surface area contributed by atoms with Gasteiger partial charge in [-0.05, 0) is 78.4 Å². The summed E-state index contributed by atoms with van der Waals surface area (Å²) in [6.07, 6.45) is 9.02. The van der Waals surface area contributed by atoms with Gasteiger partial charge in [0.25, 0.3) is 0 Å². The minimum atomic E-state index is -0.409. The van der Waals surface area contributed by atoms with Crippen molar-refractivity contribution in [3.8, 4) is 22.6 Å². The summed E-state index contributed by atoms with van der Waals surface area (Å²) in [5, 5.41) is 7.60. The van der Waals surface area contributed by atoms with Crippen molar-refractivity contribution >= 4 is 43.1 Å². The molecule has 0 spiro atoms. The van der Waals surface area contributed by atoms with Crippen molar-refractivity contribution in [1.29, 1.82) is 0 Å². The number of hydrogen-bond acceptors (Lipinski definition) is 11. The second-order valence-electron chi connectivity index (χ2n) is 11.8. The Bertz CT molecular complexity index is 1770. The van der Waals surface area contributed by atoms with Gasteiger partial charge in [0.1, 0.15) is 36.8 Å². The van der Waals surface area contributed by atoms with Crippen molar-refractivity contribution in [1.82, 2.24) is 0 Å².